The zero-order chi connectivity index (χ0) is 13.5. The van der Waals surface area contributed by atoms with Crippen LogP contribution in [0.25, 0.3) is 10.8 Å². The topological polar surface area (TPSA) is 12.0 Å². The number of nitrogens with one attached hydrogen (secondary N) is 1. The van der Waals surface area contributed by atoms with Crippen LogP contribution in [0.15, 0.2) is 60.7 Å². The van der Waals surface area contributed by atoms with Gasteiger partial charge in [0.05, 0.1) is 6.04 Å². The van der Waals surface area contributed by atoms with E-state index in [1.807, 2.05) is 0 Å². The molecule has 3 aromatic carbocycles. The Morgan fingerprint density at radius 3 is 2.55 bits per heavy atom. The van der Waals surface area contributed by atoms with Gasteiger partial charge in [0, 0.05) is 5.69 Å². The molecule has 0 bridgehead atoms. The quantitative estimate of drug-likeness (QED) is 0.658. The Labute approximate surface area is 119 Å². The van der Waals surface area contributed by atoms with Gasteiger partial charge < -0.3 is 5.32 Å². The number of hydrogen-bond acceptors (Lipinski definition) is 1. The maximum atomic E-state index is 3.66. The monoisotopic (exact) mass is 259 g/mol. The molecule has 0 fully saturated rings. The van der Waals surface area contributed by atoms with Crippen molar-refractivity contribution < 1.29 is 0 Å². The lowest BCUT2D eigenvalue weighted by Crippen LogP contribution is -2.05. The Hall–Kier alpha value is -2.28. The summed E-state index contributed by atoms with van der Waals surface area (Å²) < 4.78 is 0. The molecule has 0 amide bonds. The fourth-order valence-electron chi connectivity index (χ4n) is 3.13. The average Bonchev–Trinajstić information content (AvgIpc) is 2.92. The van der Waals surface area contributed by atoms with Crippen molar-refractivity contribution in [2.45, 2.75) is 19.4 Å². The average molecular weight is 259 g/mol. The fraction of sp³-hybridized carbons (Fsp3) is 0.158. The van der Waals surface area contributed by atoms with Crippen molar-refractivity contribution in [3.05, 3.63) is 77.4 Å². The molecule has 98 valence electrons. The summed E-state index contributed by atoms with van der Waals surface area (Å²) in [5.74, 6) is 0. The SMILES string of the molecule is Cc1ccc(C2Cc3c(ccc4ccccc34)N2)cc1. The first-order valence-electron chi connectivity index (χ1n) is 7.15. The maximum Gasteiger partial charge on any atom is 0.0555 e. The third kappa shape index (κ3) is 1.78. The van der Waals surface area contributed by atoms with Gasteiger partial charge in [-0.05, 0) is 41.3 Å². The van der Waals surface area contributed by atoms with Gasteiger partial charge in [-0.2, -0.15) is 0 Å². The van der Waals surface area contributed by atoms with E-state index in [0.29, 0.717) is 6.04 Å². The summed E-state index contributed by atoms with van der Waals surface area (Å²) in [5, 5.41) is 6.38. The standard InChI is InChI=1S/C19H17N/c1-13-6-8-15(9-7-13)19-12-17-16-5-3-2-4-14(16)10-11-18(17)20-19/h2-11,19-20H,12H2,1H3. The van der Waals surface area contributed by atoms with Crippen LogP contribution in [0.4, 0.5) is 5.69 Å². The van der Waals surface area contributed by atoms with Gasteiger partial charge >= 0.3 is 0 Å². The van der Waals surface area contributed by atoms with Gasteiger partial charge in [0.15, 0.2) is 0 Å². The lowest BCUT2D eigenvalue weighted by molar-refractivity contribution is 0.826. The summed E-state index contributed by atoms with van der Waals surface area (Å²) in [6.07, 6.45) is 1.07. The number of anilines is 1. The minimum absolute atomic E-state index is 0.399. The van der Waals surface area contributed by atoms with E-state index in [0.717, 1.165) is 6.42 Å². The van der Waals surface area contributed by atoms with Crippen LogP contribution in [0, 0.1) is 6.92 Å². The zero-order valence-corrected chi connectivity index (χ0v) is 11.6. The van der Waals surface area contributed by atoms with Crippen molar-refractivity contribution in [3.8, 4) is 0 Å². The number of hydrogen-bond donors (Lipinski definition) is 1. The molecule has 4 rings (SSSR count). The molecule has 0 radical (unpaired) electrons. The van der Waals surface area contributed by atoms with Crippen LogP contribution in [-0.4, -0.2) is 0 Å². The predicted molar refractivity (Wildman–Crippen MR) is 85.2 cm³/mol. The summed E-state index contributed by atoms with van der Waals surface area (Å²) in [6, 6.07) is 22.3. The summed E-state index contributed by atoms with van der Waals surface area (Å²) in [7, 11) is 0. The second-order valence-corrected chi connectivity index (χ2v) is 5.62. The van der Waals surface area contributed by atoms with Gasteiger partial charge in [-0.1, -0.05) is 60.2 Å². The molecule has 1 nitrogen and oxygen atoms in total. The van der Waals surface area contributed by atoms with Gasteiger partial charge in [-0.15, -0.1) is 0 Å². The van der Waals surface area contributed by atoms with E-state index in [1.165, 1.54) is 33.2 Å². The Balaban J connectivity index is 1.76. The van der Waals surface area contributed by atoms with E-state index in [4.69, 9.17) is 0 Å². The molecule has 0 saturated heterocycles. The largest absolute Gasteiger partial charge is 0.378 e. The summed E-state index contributed by atoms with van der Waals surface area (Å²) in [4.78, 5) is 0. The second kappa shape index (κ2) is 4.38. The second-order valence-electron chi connectivity index (χ2n) is 5.62. The van der Waals surface area contributed by atoms with Crippen LogP contribution in [0.1, 0.15) is 22.7 Å². The Morgan fingerprint density at radius 2 is 1.70 bits per heavy atom. The van der Waals surface area contributed by atoms with Crippen LogP contribution in [0.2, 0.25) is 0 Å². The van der Waals surface area contributed by atoms with Crippen molar-refractivity contribution in [2.24, 2.45) is 0 Å². The van der Waals surface area contributed by atoms with Crippen molar-refractivity contribution in [2.75, 3.05) is 5.32 Å². The summed E-state index contributed by atoms with van der Waals surface area (Å²) >= 11 is 0. The number of rotatable bonds is 1. The highest BCUT2D eigenvalue weighted by molar-refractivity contribution is 5.91. The molecule has 0 spiro atoms. The van der Waals surface area contributed by atoms with Gasteiger partial charge in [0.1, 0.15) is 0 Å². The minimum atomic E-state index is 0.399. The molecule has 3 aromatic rings. The van der Waals surface area contributed by atoms with Gasteiger partial charge in [-0.3, -0.25) is 0 Å². The normalized spacial score (nSPS) is 16.9. The van der Waals surface area contributed by atoms with E-state index < -0.39 is 0 Å². The van der Waals surface area contributed by atoms with E-state index >= 15 is 0 Å². The third-order valence-electron chi connectivity index (χ3n) is 4.26. The lowest BCUT2D eigenvalue weighted by atomic mass is 9.98. The molecule has 20 heavy (non-hydrogen) atoms. The first-order valence-corrected chi connectivity index (χ1v) is 7.15. The Kier molecular flexibility index (Phi) is 2.53. The molecule has 1 heterocycles. The molecular formula is C19H17N. The van der Waals surface area contributed by atoms with Gasteiger partial charge in [0.2, 0.25) is 0 Å². The Morgan fingerprint density at radius 1 is 0.900 bits per heavy atom. The Bertz CT molecular complexity index is 771. The van der Waals surface area contributed by atoms with Crippen LogP contribution in [0.5, 0.6) is 0 Å². The summed E-state index contributed by atoms with van der Waals surface area (Å²) in [5.41, 5.74) is 5.42. The number of aryl methyl sites for hydroxylation is 1. The van der Waals surface area contributed by atoms with E-state index in [1.54, 1.807) is 0 Å². The van der Waals surface area contributed by atoms with Crippen molar-refractivity contribution in [1.82, 2.24) is 0 Å². The predicted octanol–water partition coefficient (Wildman–Crippen LogP) is 4.86. The van der Waals surface area contributed by atoms with E-state index in [9.17, 15) is 0 Å². The number of fused-ring (bicyclic) bond motifs is 3. The minimum Gasteiger partial charge on any atom is -0.378 e. The third-order valence-corrected chi connectivity index (χ3v) is 4.26. The molecule has 1 atom stereocenters. The highest BCUT2D eigenvalue weighted by atomic mass is 14.9. The molecular weight excluding hydrogens is 242 g/mol. The molecule has 1 unspecified atom stereocenters. The van der Waals surface area contributed by atoms with Crippen LogP contribution < -0.4 is 5.32 Å². The molecule has 0 aliphatic carbocycles. The van der Waals surface area contributed by atoms with Crippen molar-refractivity contribution in [1.29, 1.82) is 0 Å². The van der Waals surface area contributed by atoms with Crippen LogP contribution in [0.3, 0.4) is 0 Å². The molecule has 1 heteroatoms. The molecule has 1 N–H and O–H groups in total. The fourth-order valence-corrected chi connectivity index (χ4v) is 3.13. The molecule has 1 aliphatic rings. The van der Waals surface area contributed by atoms with Crippen molar-refractivity contribution >= 4 is 16.5 Å². The smallest absolute Gasteiger partial charge is 0.0555 e. The van der Waals surface area contributed by atoms with E-state index in [-0.39, 0.29) is 0 Å². The molecule has 0 aromatic heterocycles. The highest BCUT2D eigenvalue weighted by Gasteiger charge is 2.23. The van der Waals surface area contributed by atoms with Crippen LogP contribution >= 0.6 is 0 Å². The van der Waals surface area contributed by atoms with Crippen molar-refractivity contribution in [3.63, 3.8) is 0 Å². The first-order chi connectivity index (χ1) is 9.81. The highest BCUT2D eigenvalue weighted by Crippen LogP contribution is 2.38. The lowest BCUT2D eigenvalue weighted by Gasteiger charge is -2.11. The molecule has 0 saturated carbocycles. The van der Waals surface area contributed by atoms with Crippen LogP contribution in [-0.2, 0) is 6.42 Å². The number of benzene rings is 3. The first kappa shape index (κ1) is 11.5. The zero-order valence-electron chi connectivity index (χ0n) is 11.6. The summed E-state index contributed by atoms with van der Waals surface area (Å²) in [6.45, 7) is 2.13. The molecule has 1 aliphatic heterocycles. The van der Waals surface area contributed by atoms with E-state index in [2.05, 4.69) is 72.9 Å². The maximum absolute atomic E-state index is 3.66. The van der Waals surface area contributed by atoms with Gasteiger partial charge in [-0.25, -0.2) is 0 Å². The van der Waals surface area contributed by atoms with Gasteiger partial charge in [0.25, 0.3) is 0 Å².